The van der Waals surface area contributed by atoms with Crippen LogP contribution < -0.4 is 5.32 Å². The SMILES string of the molecule is CNc1ncc2cc3cnccc3c([N+](=O)[O-])c2n1. The number of nitro benzene ring substituents is 1. The lowest BCUT2D eigenvalue weighted by molar-refractivity contribution is -0.381. The molecule has 94 valence electrons. The average Bonchev–Trinajstić information content (AvgIpc) is 2.43. The number of fused-ring (bicyclic) bond motifs is 2. The second kappa shape index (κ2) is 4.13. The van der Waals surface area contributed by atoms with E-state index in [0.29, 0.717) is 27.6 Å². The van der Waals surface area contributed by atoms with Gasteiger partial charge in [0, 0.05) is 36.4 Å². The highest BCUT2D eigenvalue weighted by Crippen LogP contribution is 2.32. The normalized spacial score (nSPS) is 10.8. The van der Waals surface area contributed by atoms with Crippen LogP contribution in [0.5, 0.6) is 0 Å². The van der Waals surface area contributed by atoms with Crippen molar-refractivity contribution in [1.82, 2.24) is 15.0 Å². The molecular weight excluding hydrogens is 246 g/mol. The lowest BCUT2D eigenvalue weighted by atomic mass is 10.1. The van der Waals surface area contributed by atoms with Gasteiger partial charge in [0.15, 0.2) is 5.52 Å². The number of nitrogens with zero attached hydrogens (tertiary/aromatic N) is 4. The van der Waals surface area contributed by atoms with Crippen molar-refractivity contribution in [1.29, 1.82) is 0 Å². The molecule has 7 heteroatoms. The minimum atomic E-state index is -0.420. The maximum atomic E-state index is 11.3. The van der Waals surface area contributed by atoms with E-state index in [-0.39, 0.29) is 5.69 Å². The fourth-order valence-electron chi connectivity index (χ4n) is 2.02. The molecule has 19 heavy (non-hydrogen) atoms. The first-order valence-electron chi connectivity index (χ1n) is 5.56. The van der Waals surface area contributed by atoms with Crippen LogP contribution in [0, 0.1) is 10.1 Å². The van der Waals surface area contributed by atoms with Crippen molar-refractivity contribution in [3.63, 3.8) is 0 Å². The van der Waals surface area contributed by atoms with Gasteiger partial charge in [0.05, 0.1) is 10.3 Å². The highest BCUT2D eigenvalue weighted by Gasteiger charge is 2.19. The third-order valence-electron chi connectivity index (χ3n) is 2.87. The molecular formula is C12H9N5O2. The van der Waals surface area contributed by atoms with E-state index in [1.165, 1.54) is 6.20 Å². The zero-order chi connectivity index (χ0) is 13.4. The van der Waals surface area contributed by atoms with Crippen molar-refractivity contribution in [3.8, 4) is 0 Å². The van der Waals surface area contributed by atoms with E-state index in [1.54, 1.807) is 31.6 Å². The summed E-state index contributed by atoms with van der Waals surface area (Å²) in [6.45, 7) is 0. The van der Waals surface area contributed by atoms with Gasteiger partial charge >= 0.3 is 5.69 Å². The molecule has 0 aliphatic heterocycles. The van der Waals surface area contributed by atoms with E-state index in [1.807, 2.05) is 0 Å². The molecule has 1 N–H and O–H groups in total. The van der Waals surface area contributed by atoms with Gasteiger partial charge in [-0.1, -0.05) is 0 Å². The van der Waals surface area contributed by atoms with Gasteiger partial charge in [-0.15, -0.1) is 0 Å². The Morgan fingerprint density at radius 2 is 2.16 bits per heavy atom. The highest BCUT2D eigenvalue weighted by molar-refractivity contribution is 6.05. The zero-order valence-electron chi connectivity index (χ0n) is 9.99. The van der Waals surface area contributed by atoms with Crippen LogP contribution in [0.3, 0.4) is 0 Å². The number of aromatic nitrogens is 3. The maximum absolute atomic E-state index is 11.3. The second-order valence-electron chi connectivity index (χ2n) is 3.96. The average molecular weight is 255 g/mol. The van der Waals surface area contributed by atoms with Gasteiger partial charge in [-0.05, 0) is 12.1 Å². The van der Waals surface area contributed by atoms with E-state index in [0.717, 1.165) is 0 Å². The minimum absolute atomic E-state index is 0.0196. The van der Waals surface area contributed by atoms with Gasteiger partial charge in [-0.2, -0.15) is 0 Å². The maximum Gasteiger partial charge on any atom is 0.303 e. The van der Waals surface area contributed by atoms with Crippen LogP contribution in [0.25, 0.3) is 21.7 Å². The molecule has 3 rings (SSSR count). The number of nitro groups is 1. The van der Waals surface area contributed by atoms with E-state index >= 15 is 0 Å². The van der Waals surface area contributed by atoms with Crippen molar-refractivity contribution in [2.24, 2.45) is 0 Å². The second-order valence-corrected chi connectivity index (χ2v) is 3.96. The van der Waals surface area contributed by atoms with Crippen molar-refractivity contribution >= 4 is 33.3 Å². The molecule has 1 aromatic carbocycles. The molecule has 0 saturated carbocycles. The predicted molar refractivity (Wildman–Crippen MR) is 71.0 cm³/mol. The zero-order valence-corrected chi connectivity index (χ0v) is 9.99. The Balaban J connectivity index is 2.52. The van der Waals surface area contributed by atoms with Crippen molar-refractivity contribution in [2.75, 3.05) is 12.4 Å². The summed E-state index contributed by atoms with van der Waals surface area (Å²) in [5.41, 5.74) is 0.303. The molecule has 3 aromatic rings. The Labute approximate surface area is 107 Å². The summed E-state index contributed by atoms with van der Waals surface area (Å²) < 4.78 is 0. The number of hydrogen-bond donors (Lipinski definition) is 1. The molecule has 0 amide bonds. The summed E-state index contributed by atoms with van der Waals surface area (Å²) in [6, 6.07) is 3.41. The van der Waals surface area contributed by atoms with Crippen LogP contribution in [0.1, 0.15) is 0 Å². The third kappa shape index (κ3) is 1.71. The smallest absolute Gasteiger partial charge is 0.303 e. The Bertz CT molecular complexity index is 803. The van der Waals surface area contributed by atoms with Gasteiger partial charge in [0.2, 0.25) is 5.95 Å². The Morgan fingerprint density at radius 1 is 1.32 bits per heavy atom. The molecule has 0 bridgehead atoms. The summed E-state index contributed by atoms with van der Waals surface area (Å²) in [7, 11) is 1.66. The predicted octanol–water partition coefficient (Wildman–Crippen LogP) is 2.13. The van der Waals surface area contributed by atoms with Crippen LogP contribution >= 0.6 is 0 Å². The number of nitrogens with one attached hydrogen (secondary N) is 1. The number of non-ortho nitro benzene ring substituents is 1. The van der Waals surface area contributed by atoms with Crippen molar-refractivity contribution < 1.29 is 4.92 Å². The molecule has 2 aromatic heterocycles. The molecule has 0 radical (unpaired) electrons. The monoisotopic (exact) mass is 255 g/mol. The topological polar surface area (TPSA) is 93.8 Å². The van der Waals surface area contributed by atoms with Crippen LogP contribution in [-0.4, -0.2) is 26.9 Å². The number of pyridine rings is 1. The molecule has 0 fully saturated rings. The van der Waals surface area contributed by atoms with Gasteiger partial charge < -0.3 is 5.32 Å². The number of rotatable bonds is 2. The summed E-state index contributed by atoms with van der Waals surface area (Å²) >= 11 is 0. The molecule has 0 spiro atoms. The van der Waals surface area contributed by atoms with Crippen LogP contribution in [0.15, 0.2) is 30.7 Å². The lowest BCUT2D eigenvalue weighted by Gasteiger charge is -2.05. The van der Waals surface area contributed by atoms with E-state index in [2.05, 4.69) is 20.3 Å². The van der Waals surface area contributed by atoms with Crippen LogP contribution in [-0.2, 0) is 0 Å². The Hall–Kier alpha value is -2.83. The number of benzene rings is 1. The van der Waals surface area contributed by atoms with Gasteiger partial charge in [0.1, 0.15) is 0 Å². The Kier molecular flexibility index (Phi) is 2.45. The quantitative estimate of drug-likeness (QED) is 0.428. The summed E-state index contributed by atoms with van der Waals surface area (Å²) in [6.07, 6.45) is 4.68. The fourth-order valence-corrected chi connectivity index (χ4v) is 2.02. The number of anilines is 1. The minimum Gasteiger partial charge on any atom is -0.357 e. The highest BCUT2D eigenvalue weighted by atomic mass is 16.6. The first-order valence-corrected chi connectivity index (χ1v) is 5.56. The molecule has 0 aliphatic rings. The van der Waals surface area contributed by atoms with Gasteiger partial charge in [-0.25, -0.2) is 9.97 Å². The van der Waals surface area contributed by atoms with Crippen LogP contribution in [0.2, 0.25) is 0 Å². The van der Waals surface area contributed by atoms with E-state index in [4.69, 9.17) is 0 Å². The largest absolute Gasteiger partial charge is 0.357 e. The van der Waals surface area contributed by atoms with E-state index in [9.17, 15) is 10.1 Å². The number of hydrogen-bond acceptors (Lipinski definition) is 6. The van der Waals surface area contributed by atoms with Gasteiger partial charge in [-0.3, -0.25) is 15.1 Å². The molecule has 0 unspecified atom stereocenters. The standard InChI is InChI=1S/C12H9N5O2/c1-13-12-15-6-8-4-7-5-14-3-2-9(7)11(17(18)19)10(8)16-12/h2-6H,1H3,(H,13,15,16). The third-order valence-corrected chi connectivity index (χ3v) is 2.87. The first kappa shape index (κ1) is 11.3. The molecule has 2 heterocycles. The lowest BCUT2D eigenvalue weighted by Crippen LogP contribution is -1.99. The molecule has 0 aliphatic carbocycles. The first-order chi connectivity index (χ1) is 9.20. The van der Waals surface area contributed by atoms with Gasteiger partial charge in [0.25, 0.3) is 0 Å². The summed E-state index contributed by atoms with van der Waals surface area (Å²) in [5, 5.41) is 15.9. The molecule has 0 saturated heterocycles. The van der Waals surface area contributed by atoms with Crippen molar-refractivity contribution in [3.05, 3.63) is 40.8 Å². The summed E-state index contributed by atoms with van der Waals surface area (Å²) in [5.74, 6) is 0.351. The summed E-state index contributed by atoms with van der Waals surface area (Å²) in [4.78, 5) is 23.1. The van der Waals surface area contributed by atoms with E-state index < -0.39 is 4.92 Å². The molecule has 7 nitrogen and oxygen atoms in total. The fraction of sp³-hybridized carbons (Fsp3) is 0.0833. The Morgan fingerprint density at radius 3 is 2.89 bits per heavy atom. The van der Waals surface area contributed by atoms with Crippen molar-refractivity contribution in [2.45, 2.75) is 0 Å². The molecule has 0 atom stereocenters. The van der Waals surface area contributed by atoms with Crippen LogP contribution in [0.4, 0.5) is 11.6 Å².